The molecule has 1 fully saturated rings. The summed E-state index contributed by atoms with van der Waals surface area (Å²) in [5.74, 6) is -0.253. The number of amides is 1. The van der Waals surface area contributed by atoms with Gasteiger partial charge in [0.15, 0.2) is 0 Å². The molecule has 23 heavy (non-hydrogen) atoms. The van der Waals surface area contributed by atoms with E-state index in [1.807, 2.05) is 17.5 Å². The summed E-state index contributed by atoms with van der Waals surface area (Å²) in [4.78, 5) is 13.8. The third-order valence-electron chi connectivity index (χ3n) is 4.18. The summed E-state index contributed by atoms with van der Waals surface area (Å²) in [5, 5.41) is 4.79. The van der Waals surface area contributed by atoms with Gasteiger partial charge in [0.25, 0.3) is 0 Å². The fraction of sp³-hybridized carbons (Fsp3) is 0.312. The van der Waals surface area contributed by atoms with Gasteiger partial charge in [-0.05, 0) is 36.9 Å². The lowest BCUT2D eigenvalue weighted by atomic mass is 9.89. The molecule has 1 atom stereocenters. The van der Waals surface area contributed by atoms with E-state index in [0.717, 1.165) is 4.88 Å². The maximum atomic E-state index is 12.7. The van der Waals surface area contributed by atoms with Crippen molar-refractivity contribution in [1.82, 2.24) is 9.62 Å². The molecule has 0 saturated carbocycles. The molecule has 1 N–H and O–H groups in total. The molecule has 0 aliphatic carbocycles. The Bertz CT molecular complexity index is 788. The molecular weight excluding hydrogens is 332 g/mol. The molecule has 1 aromatic heterocycles. The highest BCUT2D eigenvalue weighted by atomic mass is 32.2. The van der Waals surface area contributed by atoms with E-state index in [2.05, 4.69) is 5.32 Å². The normalized spacial score (nSPS) is 21.6. The summed E-state index contributed by atoms with van der Waals surface area (Å²) < 4.78 is 26.7. The van der Waals surface area contributed by atoms with Crippen molar-refractivity contribution < 1.29 is 13.2 Å². The molecule has 0 spiro atoms. The van der Waals surface area contributed by atoms with Gasteiger partial charge in [-0.3, -0.25) is 4.79 Å². The first-order valence-corrected chi connectivity index (χ1v) is 9.65. The van der Waals surface area contributed by atoms with Crippen molar-refractivity contribution in [3.05, 3.63) is 52.7 Å². The molecule has 1 amide bonds. The van der Waals surface area contributed by atoms with Crippen molar-refractivity contribution in [2.45, 2.75) is 30.3 Å². The molecule has 1 unspecified atom stereocenters. The van der Waals surface area contributed by atoms with E-state index < -0.39 is 15.6 Å². The Balaban J connectivity index is 1.76. The van der Waals surface area contributed by atoms with Crippen LogP contribution in [0.3, 0.4) is 0 Å². The molecule has 2 heterocycles. The van der Waals surface area contributed by atoms with Crippen LogP contribution in [0, 0.1) is 0 Å². The summed E-state index contributed by atoms with van der Waals surface area (Å²) in [7, 11) is -3.65. The van der Waals surface area contributed by atoms with Crippen LogP contribution in [-0.4, -0.2) is 30.7 Å². The van der Waals surface area contributed by atoms with Crippen molar-refractivity contribution in [1.29, 1.82) is 0 Å². The maximum absolute atomic E-state index is 12.7. The number of hydrogen-bond acceptors (Lipinski definition) is 4. The van der Waals surface area contributed by atoms with E-state index in [4.69, 9.17) is 0 Å². The number of carbonyl (C=O) groups excluding carboxylic acids is 1. The number of thiophene rings is 1. The van der Waals surface area contributed by atoms with Crippen LogP contribution in [0.5, 0.6) is 0 Å². The number of hydrogen-bond donors (Lipinski definition) is 1. The number of nitrogens with one attached hydrogen (secondary N) is 1. The summed E-state index contributed by atoms with van der Waals surface area (Å²) in [6.45, 7) is 2.46. The predicted octanol–water partition coefficient (Wildman–Crippen LogP) is 2.22. The van der Waals surface area contributed by atoms with Crippen LogP contribution in [0.15, 0.2) is 52.7 Å². The lowest BCUT2D eigenvalue weighted by molar-refractivity contribution is -0.135. The van der Waals surface area contributed by atoms with Gasteiger partial charge in [0.2, 0.25) is 15.9 Å². The Labute approximate surface area is 140 Å². The van der Waals surface area contributed by atoms with E-state index in [-0.39, 0.29) is 10.8 Å². The Morgan fingerprint density at radius 2 is 2.00 bits per heavy atom. The van der Waals surface area contributed by atoms with Crippen molar-refractivity contribution in [2.75, 3.05) is 6.54 Å². The second-order valence-corrected chi connectivity index (χ2v) is 8.57. The lowest BCUT2D eigenvalue weighted by Gasteiger charge is -2.47. The van der Waals surface area contributed by atoms with E-state index in [1.165, 1.54) is 4.31 Å². The Morgan fingerprint density at radius 3 is 2.57 bits per heavy atom. The standard InChI is InChI=1S/C16H18N2O3S2/c1-16(15(19)17-12-13-6-5-11-22-13)9-10-18(16)23(20,21)14-7-3-2-4-8-14/h2-8,11H,9-10,12H2,1H3,(H,17,19). The largest absolute Gasteiger partial charge is 0.350 e. The first-order chi connectivity index (χ1) is 10.9. The van der Waals surface area contributed by atoms with Crippen molar-refractivity contribution >= 4 is 27.3 Å². The zero-order valence-corrected chi connectivity index (χ0v) is 14.4. The highest BCUT2D eigenvalue weighted by Gasteiger charge is 2.53. The van der Waals surface area contributed by atoms with Gasteiger partial charge >= 0.3 is 0 Å². The van der Waals surface area contributed by atoms with E-state index in [9.17, 15) is 13.2 Å². The lowest BCUT2D eigenvalue weighted by Crippen LogP contribution is -2.67. The minimum absolute atomic E-state index is 0.219. The molecule has 1 aliphatic rings. The van der Waals surface area contributed by atoms with E-state index in [1.54, 1.807) is 48.6 Å². The zero-order chi connectivity index (χ0) is 16.5. The van der Waals surface area contributed by atoms with Crippen LogP contribution >= 0.6 is 11.3 Å². The van der Waals surface area contributed by atoms with Gasteiger partial charge in [0.05, 0.1) is 11.4 Å². The molecule has 1 aromatic carbocycles. The highest BCUT2D eigenvalue weighted by Crippen LogP contribution is 2.36. The first kappa shape index (κ1) is 16.2. The average molecular weight is 350 g/mol. The molecule has 1 aliphatic heterocycles. The molecule has 2 aromatic rings. The van der Waals surface area contributed by atoms with Crippen molar-refractivity contribution in [2.24, 2.45) is 0 Å². The average Bonchev–Trinajstić information content (AvgIpc) is 3.04. The monoisotopic (exact) mass is 350 g/mol. The van der Waals surface area contributed by atoms with Gasteiger partial charge in [-0.1, -0.05) is 24.3 Å². The van der Waals surface area contributed by atoms with Crippen LogP contribution in [0.1, 0.15) is 18.2 Å². The first-order valence-electron chi connectivity index (χ1n) is 7.33. The predicted molar refractivity (Wildman–Crippen MR) is 89.5 cm³/mol. The van der Waals surface area contributed by atoms with Crippen molar-refractivity contribution in [3.8, 4) is 0 Å². The molecule has 3 rings (SSSR count). The molecule has 1 saturated heterocycles. The van der Waals surface area contributed by atoms with Crippen LogP contribution in [0.25, 0.3) is 0 Å². The van der Waals surface area contributed by atoms with Crippen LogP contribution in [0.2, 0.25) is 0 Å². The Morgan fingerprint density at radius 1 is 1.26 bits per heavy atom. The van der Waals surface area contributed by atoms with E-state index >= 15 is 0 Å². The van der Waals surface area contributed by atoms with Gasteiger partial charge < -0.3 is 5.32 Å². The fourth-order valence-electron chi connectivity index (χ4n) is 2.64. The summed E-state index contributed by atoms with van der Waals surface area (Å²) >= 11 is 1.56. The summed E-state index contributed by atoms with van der Waals surface area (Å²) in [5.41, 5.74) is -1.02. The van der Waals surface area contributed by atoms with Gasteiger partial charge in [-0.15, -0.1) is 11.3 Å². The highest BCUT2D eigenvalue weighted by molar-refractivity contribution is 7.89. The summed E-state index contributed by atoms with van der Waals surface area (Å²) in [6.07, 6.45) is 0.523. The second kappa shape index (κ2) is 6.07. The third-order valence-corrected chi connectivity index (χ3v) is 7.09. The van der Waals surface area contributed by atoms with E-state index in [0.29, 0.717) is 19.5 Å². The minimum atomic E-state index is -3.65. The fourth-order valence-corrected chi connectivity index (χ4v) is 5.08. The third kappa shape index (κ3) is 2.91. The maximum Gasteiger partial charge on any atom is 0.244 e. The zero-order valence-electron chi connectivity index (χ0n) is 12.7. The van der Waals surface area contributed by atoms with Crippen LogP contribution < -0.4 is 5.32 Å². The number of rotatable bonds is 5. The molecule has 122 valence electrons. The SMILES string of the molecule is CC1(C(=O)NCc2cccs2)CCN1S(=O)(=O)c1ccccc1. The van der Waals surface area contributed by atoms with Gasteiger partial charge in [0, 0.05) is 11.4 Å². The van der Waals surface area contributed by atoms with Gasteiger partial charge in [-0.25, -0.2) is 8.42 Å². The molecule has 0 radical (unpaired) electrons. The van der Waals surface area contributed by atoms with Crippen LogP contribution in [-0.2, 0) is 21.4 Å². The Hall–Kier alpha value is -1.70. The van der Waals surface area contributed by atoms with Gasteiger partial charge in [0.1, 0.15) is 5.54 Å². The quantitative estimate of drug-likeness (QED) is 0.899. The molecule has 5 nitrogen and oxygen atoms in total. The van der Waals surface area contributed by atoms with Crippen molar-refractivity contribution in [3.63, 3.8) is 0 Å². The molecule has 0 bridgehead atoms. The minimum Gasteiger partial charge on any atom is -0.350 e. The van der Waals surface area contributed by atoms with Crippen LogP contribution in [0.4, 0.5) is 0 Å². The number of nitrogens with zero attached hydrogens (tertiary/aromatic N) is 1. The second-order valence-electron chi connectivity index (χ2n) is 5.68. The Kier molecular flexibility index (Phi) is 4.27. The van der Waals surface area contributed by atoms with Gasteiger partial charge in [-0.2, -0.15) is 4.31 Å². The number of carbonyl (C=O) groups is 1. The summed E-state index contributed by atoms with van der Waals surface area (Å²) in [6, 6.07) is 12.1. The molecule has 7 heteroatoms. The molecular formula is C16H18N2O3S2. The number of sulfonamides is 1. The topological polar surface area (TPSA) is 66.5 Å². The smallest absolute Gasteiger partial charge is 0.244 e. The number of benzene rings is 1.